The summed E-state index contributed by atoms with van der Waals surface area (Å²) in [4.78, 5) is 29.9. The lowest BCUT2D eigenvalue weighted by Crippen LogP contribution is -2.30. The highest BCUT2D eigenvalue weighted by Gasteiger charge is 2.18. The third kappa shape index (κ3) is 4.33. The number of nitro groups is 1. The van der Waals surface area contributed by atoms with E-state index < -0.39 is 10.8 Å². The second-order valence-corrected chi connectivity index (χ2v) is 7.94. The number of carbonyl (C=O) groups excluding carboxylic acids is 1. The molecule has 0 atom stereocenters. The van der Waals surface area contributed by atoms with Crippen LogP contribution in [0.25, 0.3) is 0 Å². The number of thiazole rings is 1. The van der Waals surface area contributed by atoms with Gasteiger partial charge < -0.3 is 0 Å². The van der Waals surface area contributed by atoms with Crippen LogP contribution >= 0.6 is 11.3 Å². The predicted molar refractivity (Wildman–Crippen MR) is 112 cm³/mol. The number of anilines is 1. The molecule has 1 aromatic heterocycles. The summed E-state index contributed by atoms with van der Waals surface area (Å²) >= 11 is 1.36. The first-order valence-corrected chi connectivity index (χ1v) is 10.2. The fraction of sp³-hybridized carbons (Fsp3) is 0.238. The lowest BCUT2D eigenvalue weighted by atomic mass is 10.00. The van der Waals surface area contributed by atoms with Crippen molar-refractivity contribution in [2.45, 2.75) is 26.4 Å². The molecule has 3 aromatic rings. The van der Waals surface area contributed by atoms with Crippen molar-refractivity contribution in [3.8, 4) is 0 Å². The van der Waals surface area contributed by atoms with Gasteiger partial charge in [0.25, 0.3) is 11.6 Å². The van der Waals surface area contributed by atoms with Crippen LogP contribution in [0.4, 0.5) is 10.8 Å². The summed E-state index contributed by atoms with van der Waals surface area (Å²) in [5.74, 6) is -0.402. The Hall–Kier alpha value is -3.10. The number of rotatable bonds is 5. The standard InChI is InChI=1S/C21H20N4O3S/c1-14-6-7-16(10-19(14)25(27)28)20(26)23-21-22-18(13-29-21)12-24-9-8-15-4-2-3-5-17(15)11-24/h2-7,10,13H,8-9,11-12H2,1H3,(H,22,23,26). The van der Waals surface area contributed by atoms with Gasteiger partial charge in [-0.05, 0) is 30.5 Å². The van der Waals surface area contributed by atoms with Crippen molar-refractivity contribution in [2.75, 3.05) is 11.9 Å². The summed E-state index contributed by atoms with van der Waals surface area (Å²) in [6.45, 7) is 4.23. The normalized spacial score (nSPS) is 13.7. The molecule has 2 heterocycles. The van der Waals surface area contributed by atoms with Gasteiger partial charge in [0.05, 0.1) is 10.6 Å². The van der Waals surface area contributed by atoms with Gasteiger partial charge in [0.15, 0.2) is 5.13 Å². The fourth-order valence-corrected chi connectivity index (χ4v) is 4.17. The zero-order chi connectivity index (χ0) is 20.4. The third-order valence-corrected chi connectivity index (χ3v) is 5.84. The Morgan fingerprint density at radius 2 is 2.07 bits per heavy atom. The van der Waals surface area contributed by atoms with Gasteiger partial charge in [0, 0.05) is 42.2 Å². The molecule has 7 nitrogen and oxygen atoms in total. The van der Waals surface area contributed by atoms with E-state index in [-0.39, 0.29) is 11.3 Å². The first-order chi connectivity index (χ1) is 14.0. The molecule has 0 unspecified atom stereocenters. The molecule has 1 aliphatic heterocycles. The van der Waals surface area contributed by atoms with E-state index in [1.165, 1.54) is 28.5 Å². The van der Waals surface area contributed by atoms with E-state index in [1.807, 2.05) is 5.38 Å². The van der Waals surface area contributed by atoms with Gasteiger partial charge in [-0.15, -0.1) is 11.3 Å². The fourth-order valence-electron chi connectivity index (χ4n) is 3.47. The molecule has 1 N–H and O–H groups in total. The molecule has 0 saturated carbocycles. The molecule has 0 saturated heterocycles. The molecule has 0 spiro atoms. The van der Waals surface area contributed by atoms with Crippen molar-refractivity contribution in [1.29, 1.82) is 0 Å². The molecular weight excluding hydrogens is 388 g/mol. The van der Waals surface area contributed by atoms with E-state index in [1.54, 1.807) is 19.1 Å². The molecule has 1 aliphatic rings. The number of aryl methyl sites for hydroxylation is 1. The minimum absolute atomic E-state index is 0.0668. The number of hydrogen-bond donors (Lipinski definition) is 1. The molecule has 0 bridgehead atoms. The molecule has 0 fully saturated rings. The second kappa shape index (κ2) is 8.10. The van der Waals surface area contributed by atoms with Crippen molar-refractivity contribution >= 4 is 28.1 Å². The zero-order valence-electron chi connectivity index (χ0n) is 15.9. The predicted octanol–water partition coefficient (Wildman–Crippen LogP) is 4.17. The van der Waals surface area contributed by atoms with Crippen molar-refractivity contribution in [1.82, 2.24) is 9.88 Å². The maximum atomic E-state index is 12.5. The topological polar surface area (TPSA) is 88.4 Å². The molecule has 29 heavy (non-hydrogen) atoms. The highest BCUT2D eigenvalue weighted by atomic mass is 32.1. The average Bonchev–Trinajstić information content (AvgIpc) is 3.14. The van der Waals surface area contributed by atoms with Crippen LogP contribution < -0.4 is 5.32 Å². The Kier molecular flexibility index (Phi) is 5.37. The van der Waals surface area contributed by atoms with Crippen LogP contribution in [-0.4, -0.2) is 27.3 Å². The number of hydrogen-bond acceptors (Lipinski definition) is 6. The van der Waals surface area contributed by atoms with Gasteiger partial charge in [0.2, 0.25) is 0 Å². The highest BCUT2D eigenvalue weighted by Crippen LogP contribution is 2.24. The number of fused-ring (bicyclic) bond motifs is 1. The summed E-state index contributed by atoms with van der Waals surface area (Å²) in [6, 6.07) is 12.9. The van der Waals surface area contributed by atoms with E-state index in [4.69, 9.17) is 0 Å². The molecule has 0 radical (unpaired) electrons. The first-order valence-electron chi connectivity index (χ1n) is 9.29. The number of benzene rings is 2. The van der Waals surface area contributed by atoms with Crippen LogP contribution in [0.15, 0.2) is 47.8 Å². The van der Waals surface area contributed by atoms with Gasteiger partial charge in [0.1, 0.15) is 0 Å². The Labute approximate surface area is 172 Å². The third-order valence-electron chi connectivity index (χ3n) is 5.04. The van der Waals surface area contributed by atoms with E-state index in [0.29, 0.717) is 10.7 Å². The minimum atomic E-state index is -0.482. The molecule has 8 heteroatoms. The number of nitro benzene ring substituents is 1. The number of aromatic nitrogens is 1. The molecule has 2 aromatic carbocycles. The second-order valence-electron chi connectivity index (χ2n) is 7.09. The Morgan fingerprint density at radius 1 is 1.28 bits per heavy atom. The average molecular weight is 408 g/mol. The minimum Gasteiger partial charge on any atom is -0.298 e. The van der Waals surface area contributed by atoms with Crippen LogP contribution in [0.2, 0.25) is 0 Å². The molecule has 0 aliphatic carbocycles. The Balaban J connectivity index is 1.40. The van der Waals surface area contributed by atoms with E-state index in [2.05, 4.69) is 39.5 Å². The first kappa shape index (κ1) is 19.2. The largest absolute Gasteiger partial charge is 0.298 e. The zero-order valence-corrected chi connectivity index (χ0v) is 16.7. The van der Waals surface area contributed by atoms with Crippen LogP contribution in [0.3, 0.4) is 0 Å². The summed E-state index contributed by atoms with van der Waals surface area (Å²) in [5.41, 5.74) is 4.35. The van der Waals surface area contributed by atoms with Crippen LogP contribution in [0.1, 0.15) is 32.7 Å². The highest BCUT2D eigenvalue weighted by molar-refractivity contribution is 7.14. The smallest absolute Gasteiger partial charge is 0.273 e. The van der Waals surface area contributed by atoms with Gasteiger partial charge in [-0.1, -0.05) is 30.3 Å². The van der Waals surface area contributed by atoms with Crippen LogP contribution in [-0.2, 0) is 19.5 Å². The van der Waals surface area contributed by atoms with Crippen molar-refractivity contribution in [3.63, 3.8) is 0 Å². The maximum absolute atomic E-state index is 12.5. The van der Waals surface area contributed by atoms with Crippen LogP contribution in [0, 0.1) is 17.0 Å². The van der Waals surface area contributed by atoms with E-state index >= 15 is 0 Å². The number of nitrogens with one attached hydrogen (secondary N) is 1. The van der Waals surface area contributed by atoms with E-state index in [0.717, 1.165) is 31.7 Å². The van der Waals surface area contributed by atoms with Gasteiger partial charge in [-0.2, -0.15) is 0 Å². The Bertz CT molecular complexity index is 1080. The van der Waals surface area contributed by atoms with Crippen molar-refractivity contribution < 1.29 is 9.72 Å². The summed E-state index contributed by atoms with van der Waals surface area (Å²) < 4.78 is 0. The number of carbonyl (C=O) groups is 1. The van der Waals surface area contributed by atoms with Crippen molar-refractivity contribution in [3.05, 3.63) is 85.9 Å². The maximum Gasteiger partial charge on any atom is 0.273 e. The molecule has 148 valence electrons. The number of amides is 1. The summed E-state index contributed by atoms with van der Waals surface area (Å²) in [6.07, 6.45) is 1.02. The monoisotopic (exact) mass is 408 g/mol. The lowest BCUT2D eigenvalue weighted by molar-refractivity contribution is -0.385. The summed E-state index contributed by atoms with van der Waals surface area (Å²) in [7, 11) is 0. The van der Waals surface area contributed by atoms with Crippen LogP contribution in [0.5, 0.6) is 0 Å². The van der Waals surface area contributed by atoms with Crippen molar-refractivity contribution in [2.24, 2.45) is 0 Å². The Morgan fingerprint density at radius 3 is 2.86 bits per heavy atom. The molecular formula is C21H20N4O3S. The number of nitrogens with zero attached hydrogens (tertiary/aromatic N) is 3. The van der Waals surface area contributed by atoms with E-state index in [9.17, 15) is 14.9 Å². The SMILES string of the molecule is Cc1ccc(C(=O)Nc2nc(CN3CCc4ccccc4C3)cs2)cc1[N+](=O)[O-]. The lowest BCUT2D eigenvalue weighted by Gasteiger charge is -2.27. The van der Waals surface area contributed by atoms with Gasteiger partial charge in [-0.25, -0.2) is 4.98 Å². The van der Waals surface area contributed by atoms with Gasteiger partial charge in [-0.3, -0.25) is 25.1 Å². The van der Waals surface area contributed by atoms with Gasteiger partial charge >= 0.3 is 0 Å². The quantitative estimate of drug-likeness (QED) is 0.506. The molecule has 4 rings (SSSR count). The molecule has 1 amide bonds. The summed E-state index contributed by atoms with van der Waals surface area (Å²) in [5, 5.41) is 16.3.